The molecule has 7 atom stereocenters. The van der Waals surface area contributed by atoms with E-state index in [1.54, 1.807) is 6.92 Å². The largest absolute Gasteiger partial charge is 0.504 e. The standard InChI is InChI=1S/C37H46N4O16/c1-17(15-42)41-21-14-23(22(13-20(21)32(48)49)54-16-40-36(38)39-2)55-34-27(45)26(44)31(47)37(57-34)11-9-19-24(33(50)56-35(37)51)25(43)30(28(46)29(19)52-3)53-12-10-18-7-5-4-6-8-18/h4-8,13-14,17,26-27,31,34-35,41-47,51H,9-12,15-16H2,1-3H3,(H,48,49)(H3,38,39,40)/t17-,26-,27-,31+,34-,35-,37+/m1/s1. The lowest BCUT2D eigenvalue weighted by Gasteiger charge is -2.50. The topological polar surface area (TPSA) is 314 Å². The van der Waals surface area contributed by atoms with Crippen LogP contribution < -0.4 is 35.3 Å². The molecule has 2 aliphatic rings. The van der Waals surface area contributed by atoms with E-state index in [0.29, 0.717) is 6.42 Å². The molecule has 3 aromatic carbocycles. The van der Waals surface area contributed by atoms with Gasteiger partial charge in [0.15, 0.2) is 41.3 Å². The number of phenols is 2. The molecule has 0 aliphatic carbocycles. The predicted octanol–water partition coefficient (Wildman–Crippen LogP) is -0.233. The molecule has 5 rings (SSSR count). The summed E-state index contributed by atoms with van der Waals surface area (Å²) >= 11 is 0. The summed E-state index contributed by atoms with van der Waals surface area (Å²) in [7, 11) is 2.59. The summed E-state index contributed by atoms with van der Waals surface area (Å²) in [6, 6.07) is 10.7. The van der Waals surface area contributed by atoms with Gasteiger partial charge in [0, 0.05) is 37.2 Å². The number of methoxy groups -OCH3 is 1. The molecule has 3 aromatic rings. The number of phenolic OH excluding ortho intramolecular Hbond substituents is 2. The maximum absolute atomic E-state index is 13.7. The number of anilines is 1. The SMILES string of the molecule is CN=C(N)NCOc1cc(C(=O)O)c(N[C@H](C)CO)cc1O[C@@H]1O[C@@]2(CCc3c(OC)c(O)c(OCCc4ccccc4)c(O)c3C(=O)O[C@H]2O)[C@@H](O)[C@H](O)[C@H]1O. The smallest absolute Gasteiger partial charge is 0.344 e. The van der Waals surface area contributed by atoms with E-state index >= 15 is 0 Å². The summed E-state index contributed by atoms with van der Waals surface area (Å²) in [5.41, 5.74) is 3.06. The Hall–Kier alpha value is -5.77. The summed E-state index contributed by atoms with van der Waals surface area (Å²) in [4.78, 5) is 29.7. The van der Waals surface area contributed by atoms with Gasteiger partial charge in [0.25, 0.3) is 0 Å². The Morgan fingerprint density at radius 1 is 1.05 bits per heavy atom. The lowest BCUT2D eigenvalue weighted by molar-refractivity contribution is -0.357. The van der Waals surface area contributed by atoms with Crippen LogP contribution in [0.3, 0.4) is 0 Å². The number of nitrogens with one attached hydrogen (secondary N) is 2. The third-order valence-corrected chi connectivity index (χ3v) is 9.49. The molecule has 2 heterocycles. The average Bonchev–Trinajstić information content (AvgIpc) is 3.19. The van der Waals surface area contributed by atoms with E-state index in [1.807, 2.05) is 30.3 Å². The Morgan fingerprint density at radius 2 is 1.77 bits per heavy atom. The molecule has 2 aliphatic heterocycles. The number of aromatic hydroxyl groups is 2. The van der Waals surface area contributed by atoms with Gasteiger partial charge in [0.2, 0.25) is 24.1 Å². The highest BCUT2D eigenvalue weighted by atomic mass is 16.7. The normalized spacial score (nSPS) is 24.0. The number of rotatable bonds is 14. The fourth-order valence-electron chi connectivity index (χ4n) is 6.42. The predicted molar refractivity (Wildman–Crippen MR) is 198 cm³/mol. The lowest BCUT2D eigenvalue weighted by Crippen LogP contribution is -2.70. The van der Waals surface area contributed by atoms with Crippen molar-refractivity contribution < 1.29 is 78.9 Å². The van der Waals surface area contributed by atoms with Gasteiger partial charge in [0.05, 0.1) is 31.6 Å². The average molecular weight is 803 g/mol. The first-order chi connectivity index (χ1) is 27.2. The van der Waals surface area contributed by atoms with Crippen molar-refractivity contribution in [1.82, 2.24) is 5.32 Å². The molecule has 0 radical (unpaired) electrons. The van der Waals surface area contributed by atoms with Crippen molar-refractivity contribution in [2.24, 2.45) is 10.7 Å². The second-order valence-electron chi connectivity index (χ2n) is 13.2. The molecule has 0 bridgehead atoms. The number of esters is 1. The van der Waals surface area contributed by atoms with Crippen molar-refractivity contribution in [3.63, 3.8) is 0 Å². The Morgan fingerprint density at radius 3 is 2.42 bits per heavy atom. The highest BCUT2D eigenvalue weighted by Gasteiger charge is 2.60. The van der Waals surface area contributed by atoms with Crippen LogP contribution in [0.1, 0.15) is 45.2 Å². The van der Waals surface area contributed by atoms with Crippen molar-refractivity contribution in [2.45, 2.75) is 68.7 Å². The number of carboxylic acids is 1. The van der Waals surface area contributed by atoms with Gasteiger partial charge in [-0.05, 0) is 25.3 Å². The van der Waals surface area contributed by atoms with Crippen LogP contribution in [0.25, 0.3) is 0 Å². The number of aromatic carboxylic acids is 1. The first-order valence-corrected chi connectivity index (χ1v) is 17.6. The second-order valence-corrected chi connectivity index (χ2v) is 13.2. The van der Waals surface area contributed by atoms with Crippen molar-refractivity contribution in [3.8, 4) is 34.5 Å². The number of hydrogen-bond acceptors (Lipinski definition) is 17. The quantitative estimate of drug-likeness (QED) is 0.0434. The van der Waals surface area contributed by atoms with Crippen LogP contribution in [0.4, 0.5) is 5.69 Å². The van der Waals surface area contributed by atoms with E-state index in [4.69, 9.17) is 34.2 Å². The molecule has 0 aromatic heterocycles. The molecule has 310 valence electrons. The Balaban J connectivity index is 1.50. The maximum Gasteiger partial charge on any atom is 0.344 e. The molecule has 0 amide bonds. The Labute approximate surface area is 325 Å². The second kappa shape index (κ2) is 18.0. The fourth-order valence-corrected chi connectivity index (χ4v) is 6.42. The fraction of sp³-hybridized carbons (Fsp3) is 0.432. The molecule has 20 nitrogen and oxygen atoms in total. The minimum atomic E-state index is -2.46. The maximum atomic E-state index is 13.7. The number of fused-ring (bicyclic) bond motifs is 1. The number of aliphatic hydroxyl groups is 5. The number of carbonyl (C=O) groups excluding carboxylic acids is 1. The molecule has 1 spiro atoms. The molecule has 1 saturated heterocycles. The zero-order chi connectivity index (χ0) is 41.6. The van der Waals surface area contributed by atoms with Gasteiger partial charge in [0.1, 0.15) is 23.9 Å². The Kier molecular flexibility index (Phi) is 13.4. The van der Waals surface area contributed by atoms with Gasteiger partial charge < -0.3 is 85.6 Å². The number of aliphatic hydroxyl groups excluding tert-OH is 5. The van der Waals surface area contributed by atoms with Gasteiger partial charge in [-0.2, -0.15) is 0 Å². The number of hydrogen-bond donors (Lipinski definition) is 11. The van der Waals surface area contributed by atoms with Gasteiger partial charge >= 0.3 is 11.9 Å². The molecule has 0 saturated carbocycles. The van der Waals surface area contributed by atoms with Crippen LogP contribution in [-0.2, 0) is 22.3 Å². The highest BCUT2D eigenvalue weighted by molar-refractivity contribution is 5.97. The first kappa shape index (κ1) is 42.4. The first-order valence-electron chi connectivity index (χ1n) is 17.6. The summed E-state index contributed by atoms with van der Waals surface area (Å²) in [5, 5.41) is 92.5. The van der Waals surface area contributed by atoms with Gasteiger partial charge in [-0.15, -0.1) is 0 Å². The van der Waals surface area contributed by atoms with E-state index in [1.165, 1.54) is 14.2 Å². The number of ether oxygens (including phenoxy) is 6. The van der Waals surface area contributed by atoms with Crippen molar-refractivity contribution >= 4 is 23.6 Å². The van der Waals surface area contributed by atoms with E-state index in [0.717, 1.165) is 17.7 Å². The number of cyclic esters (lactones) is 1. The molecule has 57 heavy (non-hydrogen) atoms. The summed E-state index contributed by atoms with van der Waals surface area (Å²) < 4.78 is 34.1. The third-order valence-electron chi connectivity index (χ3n) is 9.49. The van der Waals surface area contributed by atoms with Crippen LogP contribution in [-0.4, -0.2) is 135 Å². The Bertz CT molecular complexity index is 1950. The van der Waals surface area contributed by atoms with Crippen molar-refractivity contribution in [3.05, 3.63) is 64.7 Å². The van der Waals surface area contributed by atoms with Gasteiger partial charge in [-0.25, -0.2) is 9.59 Å². The lowest BCUT2D eigenvalue weighted by atomic mass is 9.80. The van der Waals surface area contributed by atoms with Crippen molar-refractivity contribution in [2.75, 3.05) is 39.4 Å². The van der Waals surface area contributed by atoms with Crippen LogP contribution in [0.15, 0.2) is 47.5 Å². The molecular formula is C37H46N4O16. The van der Waals surface area contributed by atoms with E-state index in [9.17, 15) is 50.4 Å². The molecule has 20 heteroatoms. The number of carboxylic acid groups (broad SMARTS) is 1. The third kappa shape index (κ3) is 8.80. The summed E-state index contributed by atoms with van der Waals surface area (Å²) in [5.74, 6) is -5.62. The highest BCUT2D eigenvalue weighted by Crippen LogP contribution is 2.51. The van der Waals surface area contributed by atoms with E-state index < -0.39 is 90.3 Å². The number of benzene rings is 3. The zero-order valence-corrected chi connectivity index (χ0v) is 31.1. The summed E-state index contributed by atoms with van der Waals surface area (Å²) in [6.45, 7) is 0.767. The number of guanidine groups is 1. The monoisotopic (exact) mass is 802 g/mol. The van der Waals surface area contributed by atoms with Crippen LogP contribution in [0, 0.1) is 0 Å². The van der Waals surface area contributed by atoms with Crippen LogP contribution >= 0.6 is 0 Å². The number of carbonyl (C=O) groups is 2. The van der Waals surface area contributed by atoms with Crippen LogP contribution in [0.2, 0.25) is 0 Å². The number of nitrogens with two attached hydrogens (primary N) is 1. The molecular weight excluding hydrogens is 756 g/mol. The molecule has 1 fully saturated rings. The van der Waals surface area contributed by atoms with Gasteiger partial charge in [-0.1, -0.05) is 30.3 Å². The zero-order valence-electron chi connectivity index (χ0n) is 31.1. The van der Waals surface area contributed by atoms with Gasteiger partial charge in [-0.3, -0.25) is 4.99 Å². The van der Waals surface area contributed by atoms with Crippen LogP contribution in [0.5, 0.6) is 34.5 Å². The number of aliphatic imine (C=N–C) groups is 1. The summed E-state index contributed by atoms with van der Waals surface area (Å²) in [6.07, 6.45) is -11.3. The minimum absolute atomic E-state index is 0.0309. The molecule has 12 N–H and O–H groups in total. The number of nitrogens with zero attached hydrogens (tertiary/aromatic N) is 1. The van der Waals surface area contributed by atoms with Crippen molar-refractivity contribution in [1.29, 1.82) is 0 Å². The van der Waals surface area contributed by atoms with E-state index in [-0.39, 0.29) is 59.8 Å². The minimum Gasteiger partial charge on any atom is -0.504 e. The van der Waals surface area contributed by atoms with E-state index in [2.05, 4.69) is 15.6 Å². The molecule has 0 unspecified atom stereocenters.